The number of hydrogen-bond donors (Lipinski definition) is 0. The Morgan fingerprint density at radius 2 is 1.61 bits per heavy atom. The number of hydrogen-bond acceptors (Lipinski definition) is 4. The lowest BCUT2D eigenvalue weighted by Gasteiger charge is -2.33. The van der Waals surface area contributed by atoms with Crippen LogP contribution in [0.25, 0.3) is 0 Å². The number of morpholine rings is 1. The van der Waals surface area contributed by atoms with Crippen LogP contribution in [0.4, 0.5) is 10.5 Å². The Labute approximate surface area is 165 Å². The number of carbonyl (C=O) groups is 2. The number of nitrogens with zero attached hydrogens (tertiary/aromatic N) is 2. The first kappa shape index (κ1) is 19.9. The van der Waals surface area contributed by atoms with E-state index < -0.39 is 0 Å². The van der Waals surface area contributed by atoms with Crippen LogP contribution in [-0.4, -0.2) is 50.3 Å². The van der Waals surface area contributed by atoms with Crippen LogP contribution in [0.3, 0.4) is 0 Å². The standard InChI is InChI=1S/C22H26N2O4/c1-3-17-6-10-20(11-7-17)24(22(26)23-12-14-28-15-13-23)16-18-4-8-19(9-5-18)21(25)27-2/h4-11H,3,12-16H2,1-2H3. The van der Waals surface area contributed by atoms with Crippen molar-refractivity contribution in [1.29, 1.82) is 0 Å². The molecule has 1 aliphatic rings. The molecule has 0 unspecified atom stereocenters. The summed E-state index contributed by atoms with van der Waals surface area (Å²) in [5, 5.41) is 0. The van der Waals surface area contributed by atoms with Crippen LogP contribution in [0.5, 0.6) is 0 Å². The molecule has 0 N–H and O–H groups in total. The lowest BCUT2D eigenvalue weighted by Crippen LogP contribution is -2.48. The van der Waals surface area contributed by atoms with Crippen LogP contribution in [0.15, 0.2) is 48.5 Å². The van der Waals surface area contributed by atoms with E-state index in [1.165, 1.54) is 12.7 Å². The zero-order chi connectivity index (χ0) is 19.9. The molecule has 0 bridgehead atoms. The van der Waals surface area contributed by atoms with Gasteiger partial charge in [0.1, 0.15) is 0 Å². The van der Waals surface area contributed by atoms with Gasteiger partial charge < -0.3 is 14.4 Å². The van der Waals surface area contributed by atoms with Gasteiger partial charge in [-0.15, -0.1) is 0 Å². The molecule has 6 nitrogen and oxygen atoms in total. The molecule has 1 fully saturated rings. The molecule has 28 heavy (non-hydrogen) atoms. The molecule has 3 rings (SSSR count). The van der Waals surface area contributed by atoms with E-state index in [2.05, 4.69) is 19.1 Å². The Bertz CT molecular complexity index is 796. The highest BCUT2D eigenvalue weighted by Crippen LogP contribution is 2.21. The molecule has 0 spiro atoms. The minimum absolute atomic E-state index is 0.0374. The summed E-state index contributed by atoms with van der Waals surface area (Å²) in [6.07, 6.45) is 0.951. The second kappa shape index (κ2) is 9.37. The predicted octanol–water partition coefficient (Wildman–Crippen LogP) is 3.49. The molecular weight excluding hydrogens is 356 g/mol. The summed E-state index contributed by atoms with van der Waals surface area (Å²) in [4.78, 5) is 28.4. The summed E-state index contributed by atoms with van der Waals surface area (Å²) < 4.78 is 10.1. The topological polar surface area (TPSA) is 59.1 Å². The number of esters is 1. The van der Waals surface area contributed by atoms with Gasteiger partial charge >= 0.3 is 12.0 Å². The van der Waals surface area contributed by atoms with Crippen molar-refractivity contribution in [2.75, 3.05) is 38.3 Å². The maximum Gasteiger partial charge on any atom is 0.337 e. The molecular formula is C22H26N2O4. The van der Waals surface area contributed by atoms with E-state index in [0.29, 0.717) is 38.4 Å². The summed E-state index contributed by atoms with van der Waals surface area (Å²) in [6, 6.07) is 15.2. The van der Waals surface area contributed by atoms with Crippen LogP contribution < -0.4 is 4.90 Å². The Morgan fingerprint density at radius 3 is 2.18 bits per heavy atom. The summed E-state index contributed by atoms with van der Waals surface area (Å²) in [5.41, 5.74) is 3.51. The van der Waals surface area contributed by atoms with E-state index in [1.54, 1.807) is 17.0 Å². The summed E-state index contributed by atoms with van der Waals surface area (Å²) in [5.74, 6) is -0.372. The van der Waals surface area contributed by atoms with Gasteiger partial charge in [0.15, 0.2) is 0 Å². The minimum Gasteiger partial charge on any atom is -0.465 e. The van der Waals surface area contributed by atoms with Crippen molar-refractivity contribution >= 4 is 17.7 Å². The first-order valence-electron chi connectivity index (χ1n) is 9.52. The number of anilines is 1. The van der Waals surface area contributed by atoms with Gasteiger partial charge in [-0.25, -0.2) is 9.59 Å². The molecule has 1 heterocycles. The molecule has 148 valence electrons. The number of methoxy groups -OCH3 is 1. The van der Waals surface area contributed by atoms with Crippen molar-refractivity contribution in [2.45, 2.75) is 19.9 Å². The average Bonchev–Trinajstić information content (AvgIpc) is 2.77. The van der Waals surface area contributed by atoms with Crippen LogP contribution in [0.2, 0.25) is 0 Å². The average molecular weight is 382 g/mol. The Balaban J connectivity index is 1.84. The molecule has 0 aliphatic carbocycles. The third-order valence-corrected chi connectivity index (χ3v) is 4.88. The van der Waals surface area contributed by atoms with Gasteiger partial charge in [0.05, 0.1) is 32.4 Å². The molecule has 0 radical (unpaired) electrons. The molecule has 2 aromatic rings. The first-order chi connectivity index (χ1) is 13.6. The molecule has 0 saturated carbocycles. The molecule has 0 aromatic heterocycles. The molecule has 1 saturated heterocycles. The fourth-order valence-corrected chi connectivity index (χ4v) is 3.15. The maximum atomic E-state index is 13.2. The van der Waals surface area contributed by atoms with Gasteiger partial charge in [-0.05, 0) is 41.8 Å². The maximum absolute atomic E-state index is 13.2. The second-order valence-corrected chi connectivity index (χ2v) is 6.68. The van der Waals surface area contributed by atoms with Crippen LogP contribution >= 0.6 is 0 Å². The first-order valence-corrected chi connectivity index (χ1v) is 9.52. The van der Waals surface area contributed by atoms with E-state index >= 15 is 0 Å². The predicted molar refractivity (Wildman–Crippen MR) is 108 cm³/mol. The van der Waals surface area contributed by atoms with Gasteiger partial charge in [0, 0.05) is 18.8 Å². The number of carbonyl (C=O) groups excluding carboxylic acids is 2. The van der Waals surface area contributed by atoms with Gasteiger partial charge in [0.25, 0.3) is 0 Å². The molecule has 1 aliphatic heterocycles. The Kier molecular flexibility index (Phi) is 6.66. The van der Waals surface area contributed by atoms with Crippen LogP contribution in [-0.2, 0) is 22.4 Å². The van der Waals surface area contributed by atoms with Crippen molar-refractivity contribution in [2.24, 2.45) is 0 Å². The molecule has 2 amide bonds. The molecule has 6 heteroatoms. The number of ether oxygens (including phenoxy) is 2. The van der Waals surface area contributed by atoms with E-state index in [0.717, 1.165) is 17.7 Å². The van der Waals surface area contributed by atoms with Gasteiger partial charge in [-0.3, -0.25) is 4.90 Å². The number of urea groups is 1. The smallest absolute Gasteiger partial charge is 0.337 e. The van der Waals surface area contributed by atoms with Crippen molar-refractivity contribution in [3.05, 3.63) is 65.2 Å². The monoisotopic (exact) mass is 382 g/mol. The normalized spacial score (nSPS) is 13.9. The largest absolute Gasteiger partial charge is 0.465 e. The van der Waals surface area contributed by atoms with Crippen LogP contribution in [0.1, 0.15) is 28.4 Å². The molecule has 0 atom stereocenters. The highest BCUT2D eigenvalue weighted by Gasteiger charge is 2.24. The number of amides is 2. The fraction of sp³-hybridized carbons (Fsp3) is 0.364. The van der Waals surface area contributed by atoms with Gasteiger partial charge in [0.2, 0.25) is 0 Å². The van der Waals surface area contributed by atoms with Crippen molar-refractivity contribution in [1.82, 2.24) is 4.90 Å². The third kappa shape index (κ3) is 4.70. The Hall–Kier alpha value is -2.86. The minimum atomic E-state index is -0.372. The zero-order valence-corrected chi connectivity index (χ0v) is 16.4. The lowest BCUT2D eigenvalue weighted by molar-refractivity contribution is 0.0548. The third-order valence-electron chi connectivity index (χ3n) is 4.88. The summed E-state index contributed by atoms with van der Waals surface area (Å²) in [6.45, 7) is 4.81. The highest BCUT2D eigenvalue weighted by atomic mass is 16.5. The van der Waals surface area contributed by atoms with Gasteiger partial charge in [-0.2, -0.15) is 0 Å². The van der Waals surface area contributed by atoms with Crippen molar-refractivity contribution in [3.8, 4) is 0 Å². The van der Waals surface area contributed by atoms with Crippen LogP contribution in [0, 0.1) is 0 Å². The number of aryl methyl sites for hydroxylation is 1. The van der Waals surface area contributed by atoms with Gasteiger partial charge in [-0.1, -0.05) is 31.2 Å². The lowest BCUT2D eigenvalue weighted by atomic mass is 10.1. The fourth-order valence-electron chi connectivity index (χ4n) is 3.15. The quantitative estimate of drug-likeness (QED) is 0.743. The summed E-state index contributed by atoms with van der Waals surface area (Å²) in [7, 11) is 1.36. The van der Waals surface area contributed by atoms with E-state index in [-0.39, 0.29) is 12.0 Å². The SMILES string of the molecule is CCc1ccc(N(Cc2ccc(C(=O)OC)cc2)C(=O)N2CCOCC2)cc1. The zero-order valence-electron chi connectivity index (χ0n) is 16.4. The number of rotatable bonds is 5. The molecule has 2 aromatic carbocycles. The van der Waals surface area contributed by atoms with Crippen molar-refractivity contribution < 1.29 is 19.1 Å². The Morgan fingerprint density at radius 1 is 1.00 bits per heavy atom. The summed E-state index contributed by atoms with van der Waals surface area (Å²) >= 11 is 0. The highest BCUT2D eigenvalue weighted by molar-refractivity contribution is 5.92. The second-order valence-electron chi connectivity index (χ2n) is 6.68. The van der Waals surface area contributed by atoms with Crippen molar-refractivity contribution in [3.63, 3.8) is 0 Å². The van der Waals surface area contributed by atoms with E-state index in [4.69, 9.17) is 9.47 Å². The van der Waals surface area contributed by atoms with E-state index in [1.807, 2.05) is 29.2 Å². The number of benzene rings is 2. The van der Waals surface area contributed by atoms with E-state index in [9.17, 15) is 9.59 Å².